The number of methoxy groups -OCH3 is 2. The van der Waals surface area contributed by atoms with Crippen LogP contribution in [0.2, 0.25) is 0 Å². The van der Waals surface area contributed by atoms with Crippen molar-refractivity contribution in [3.8, 4) is 11.5 Å². The normalized spacial score (nSPS) is 21.6. The molecule has 0 radical (unpaired) electrons. The fourth-order valence-corrected chi connectivity index (χ4v) is 5.20. The van der Waals surface area contributed by atoms with Gasteiger partial charge in [0.15, 0.2) is 0 Å². The number of hydrogen-bond acceptors (Lipinski definition) is 7. The van der Waals surface area contributed by atoms with Crippen molar-refractivity contribution < 1.29 is 28.8 Å². The zero-order chi connectivity index (χ0) is 25.5. The molecule has 1 fully saturated rings. The first-order chi connectivity index (χ1) is 17.5. The Kier molecular flexibility index (Phi) is 8.90. The van der Waals surface area contributed by atoms with Gasteiger partial charge in [-0.3, -0.25) is 0 Å². The summed E-state index contributed by atoms with van der Waals surface area (Å²) in [5.74, 6) is 1.57. The van der Waals surface area contributed by atoms with E-state index >= 15 is 0 Å². The average Bonchev–Trinajstić information content (AvgIpc) is 2.91. The summed E-state index contributed by atoms with van der Waals surface area (Å²) < 4.78 is 22.8. The lowest BCUT2D eigenvalue weighted by Gasteiger charge is -2.42. The standard InChI is InChI=1S/C27H37N3O6/c1-33-12-3-10-29-11-13-35-24-9-4-19(14-23(24)29)18-36-25-17-30(27(31)32)16-21(15-28)26(25)20-5-7-22(34-2)8-6-20/h4-9,14,21,25-26H,3,10-13,15-18,28H2,1-2H3,(H,31,32)/t21-,25+,26+/m1/s1. The highest BCUT2D eigenvalue weighted by atomic mass is 16.5. The second-order valence-electron chi connectivity index (χ2n) is 9.32. The molecule has 2 aliphatic heterocycles. The minimum absolute atomic E-state index is 0.0250. The minimum atomic E-state index is -0.951. The zero-order valence-electron chi connectivity index (χ0n) is 21.1. The SMILES string of the molecule is COCCCN1CCOc2ccc(CO[C@H]3CN(C(=O)O)C[C@@H](CN)[C@@H]3c3ccc(OC)cc3)cc21. The third kappa shape index (κ3) is 6.03. The predicted octanol–water partition coefficient (Wildman–Crippen LogP) is 3.17. The number of piperidine rings is 1. The maximum atomic E-state index is 11.9. The second kappa shape index (κ2) is 12.3. The lowest BCUT2D eigenvalue weighted by Crippen LogP contribution is -2.52. The van der Waals surface area contributed by atoms with E-state index < -0.39 is 6.09 Å². The molecular weight excluding hydrogens is 462 g/mol. The minimum Gasteiger partial charge on any atom is -0.497 e. The van der Waals surface area contributed by atoms with Crippen LogP contribution in [0.25, 0.3) is 0 Å². The maximum Gasteiger partial charge on any atom is 0.407 e. The quantitative estimate of drug-likeness (QED) is 0.480. The number of fused-ring (bicyclic) bond motifs is 1. The Labute approximate surface area is 212 Å². The van der Waals surface area contributed by atoms with Gasteiger partial charge in [0.2, 0.25) is 0 Å². The Balaban J connectivity index is 1.53. The topological polar surface area (TPSA) is 107 Å². The Morgan fingerprint density at radius 3 is 2.67 bits per heavy atom. The number of amides is 1. The van der Waals surface area contributed by atoms with Crippen LogP contribution in [0, 0.1) is 5.92 Å². The highest BCUT2D eigenvalue weighted by molar-refractivity contribution is 5.65. The zero-order valence-corrected chi connectivity index (χ0v) is 21.1. The Bertz CT molecular complexity index is 1000. The summed E-state index contributed by atoms with van der Waals surface area (Å²) >= 11 is 0. The van der Waals surface area contributed by atoms with Gasteiger partial charge in [0, 0.05) is 32.7 Å². The molecule has 4 rings (SSSR count). The van der Waals surface area contributed by atoms with Crippen LogP contribution < -0.4 is 20.1 Å². The summed E-state index contributed by atoms with van der Waals surface area (Å²) in [6, 6.07) is 14.0. The van der Waals surface area contributed by atoms with Crippen molar-refractivity contribution in [1.29, 1.82) is 0 Å². The molecule has 9 heteroatoms. The Morgan fingerprint density at radius 2 is 1.97 bits per heavy atom. The van der Waals surface area contributed by atoms with Crippen LogP contribution in [0.15, 0.2) is 42.5 Å². The molecule has 0 bridgehead atoms. The van der Waals surface area contributed by atoms with Crippen LogP contribution in [0.4, 0.5) is 10.5 Å². The van der Waals surface area contributed by atoms with Gasteiger partial charge in [-0.2, -0.15) is 0 Å². The first-order valence-corrected chi connectivity index (χ1v) is 12.5. The van der Waals surface area contributed by atoms with Crippen molar-refractivity contribution in [2.75, 3.05) is 65.1 Å². The van der Waals surface area contributed by atoms with Gasteiger partial charge in [-0.25, -0.2) is 4.79 Å². The van der Waals surface area contributed by atoms with E-state index in [1.54, 1.807) is 14.2 Å². The highest BCUT2D eigenvalue weighted by Crippen LogP contribution is 2.37. The smallest absolute Gasteiger partial charge is 0.407 e. The van der Waals surface area contributed by atoms with Crippen molar-refractivity contribution in [1.82, 2.24) is 4.90 Å². The molecule has 0 aliphatic carbocycles. The van der Waals surface area contributed by atoms with Gasteiger partial charge in [0.05, 0.1) is 38.6 Å². The fourth-order valence-electron chi connectivity index (χ4n) is 5.20. The molecule has 36 heavy (non-hydrogen) atoms. The summed E-state index contributed by atoms with van der Waals surface area (Å²) in [5, 5.41) is 9.71. The van der Waals surface area contributed by atoms with Gasteiger partial charge in [-0.15, -0.1) is 0 Å². The number of rotatable bonds is 10. The number of ether oxygens (including phenoxy) is 4. The first-order valence-electron chi connectivity index (χ1n) is 12.5. The summed E-state index contributed by atoms with van der Waals surface area (Å²) in [6.07, 6.45) is -0.344. The molecule has 3 atom stereocenters. The van der Waals surface area contributed by atoms with Crippen molar-refractivity contribution in [3.05, 3.63) is 53.6 Å². The molecular formula is C27H37N3O6. The summed E-state index contributed by atoms with van der Waals surface area (Å²) in [7, 11) is 3.35. The van der Waals surface area contributed by atoms with Crippen molar-refractivity contribution in [2.24, 2.45) is 11.7 Å². The van der Waals surface area contributed by atoms with Gasteiger partial charge >= 0.3 is 6.09 Å². The van der Waals surface area contributed by atoms with Crippen LogP contribution in [0.5, 0.6) is 11.5 Å². The molecule has 9 nitrogen and oxygen atoms in total. The molecule has 2 heterocycles. The number of carbonyl (C=O) groups is 1. The lowest BCUT2D eigenvalue weighted by molar-refractivity contribution is -0.0380. The van der Waals surface area contributed by atoms with Crippen molar-refractivity contribution in [2.45, 2.75) is 25.0 Å². The number of anilines is 1. The van der Waals surface area contributed by atoms with E-state index in [9.17, 15) is 9.90 Å². The number of likely N-dealkylation sites (tertiary alicyclic amines) is 1. The first kappa shape index (κ1) is 26.1. The van der Waals surface area contributed by atoms with Crippen LogP contribution in [0.3, 0.4) is 0 Å². The van der Waals surface area contributed by atoms with Crippen LogP contribution in [-0.2, 0) is 16.1 Å². The molecule has 2 aromatic carbocycles. The number of carboxylic acid groups (broad SMARTS) is 1. The third-order valence-corrected chi connectivity index (χ3v) is 7.06. The van der Waals surface area contributed by atoms with Crippen molar-refractivity contribution in [3.63, 3.8) is 0 Å². The largest absolute Gasteiger partial charge is 0.497 e. The summed E-state index contributed by atoms with van der Waals surface area (Å²) in [5.41, 5.74) is 9.28. The summed E-state index contributed by atoms with van der Waals surface area (Å²) in [6.45, 7) is 4.50. The van der Waals surface area contributed by atoms with E-state index in [4.69, 9.17) is 24.7 Å². The van der Waals surface area contributed by atoms with E-state index in [1.807, 2.05) is 36.4 Å². The van der Waals surface area contributed by atoms with Gasteiger partial charge in [-0.05, 0) is 54.3 Å². The van der Waals surface area contributed by atoms with E-state index in [0.29, 0.717) is 39.5 Å². The van der Waals surface area contributed by atoms with Crippen LogP contribution in [-0.4, -0.2) is 82.4 Å². The molecule has 0 unspecified atom stereocenters. The van der Waals surface area contributed by atoms with Crippen LogP contribution >= 0.6 is 0 Å². The molecule has 3 N–H and O–H groups in total. The molecule has 0 saturated carbocycles. The van der Waals surface area contributed by atoms with Gasteiger partial charge in [0.1, 0.15) is 18.1 Å². The summed E-state index contributed by atoms with van der Waals surface area (Å²) in [4.78, 5) is 15.6. The monoisotopic (exact) mass is 499 g/mol. The van der Waals surface area contributed by atoms with E-state index in [-0.39, 0.29) is 17.9 Å². The molecule has 2 aromatic rings. The third-order valence-electron chi connectivity index (χ3n) is 7.06. The maximum absolute atomic E-state index is 11.9. The second-order valence-corrected chi connectivity index (χ2v) is 9.32. The molecule has 2 aliphatic rings. The van der Waals surface area contributed by atoms with Crippen molar-refractivity contribution >= 4 is 11.8 Å². The number of nitrogens with zero attached hydrogens (tertiary/aromatic N) is 2. The molecule has 0 aromatic heterocycles. The predicted molar refractivity (Wildman–Crippen MR) is 137 cm³/mol. The Morgan fingerprint density at radius 1 is 1.17 bits per heavy atom. The van der Waals surface area contributed by atoms with Gasteiger partial charge < -0.3 is 39.6 Å². The van der Waals surface area contributed by atoms with E-state index in [2.05, 4.69) is 11.0 Å². The van der Waals surface area contributed by atoms with Gasteiger partial charge in [0.25, 0.3) is 0 Å². The average molecular weight is 500 g/mol. The molecule has 196 valence electrons. The Hall–Kier alpha value is -3.01. The van der Waals surface area contributed by atoms with E-state index in [0.717, 1.165) is 47.8 Å². The molecule has 0 spiro atoms. The molecule has 1 saturated heterocycles. The van der Waals surface area contributed by atoms with Gasteiger partial charge in [-0.1, -0.05) is 18.2 Å². The highest BCUT2D eigenvalue weighted by Gasteiger charge is 2.39. The molecule has 1 amide bonds. The lowest BCUT2D eigenvalue weighted by atomic mass is 9.78. The van der Waals surface area contributed by atoms with Crippen LogP contribution in [0.1, 0.15) is 23.5 Å². The van der Waals surface area contributed by atoms with E-state index in [1.165, 1.54) is 4.90 Å². The number of hydrogen-bond donors (Lipinski definition) is 2. The number of nitrogens with two attached hydrogens (primary N) is 1. The number of benzene rings is 2. The fraction of sp³-hybridized carbons (Fsp3) is 0.519.